The van der Waals surface area contributed by atoms with Crippen LogP contribution in [-0.4, -0.2) is 11.1 Å². The van der Waals surface area contributed by atoms with Crippen LogP contribution in [-0.2, 0) is 4.79 Å². The topological polar surface area (TPSA) is 37.3 Å². The third-order valence-corrected chi connectivity index (χ3v) is 4.69. The van der Waals surface area contributed by atoms with E-state index in [9.17, 15) is 4.79 Å². The summed E-state index contributed by atoms with van der Waals surface area (Å²) < 4.78 is 0. The Labute approximate surface area is 103 Å². The molecule has 94 valence electrons. The van der Waals surface area contributed by atoms with Crippen molar-refractivity contribution in [2.24, 2.45) is 23.7 Å². The smallest absolute Gasteiger partial charge is 0.331 e. The van der Waals surface area contributed by atoms with Crippen molar-refractivity contribution in [1.82, 2.24) is 0 Å². The first-order valence-corrected chi connectivity index (χ1v) is 6.60. The summed E-state index contributed by atoms with van der Waals surface area (Å²) in [4.78, 5) is 11.1. The molecule has 0 amide bonds. The first kappa shape index (κ1) is 12.4. The van der Waals surface area contributed by atoms with Gasteiger partial charge in [0.25, 0.3) is 0 Å². The number of aliphatic carboxylic acids is 1. The van der Waals surface area contributed by atoms with E-state index in [0.29, 0.717) is 17.4 Å². The minimum absolute atomic E-state index is 0.156. The van der Waals surface area contributed by atoms with Crippen molar-refractivity contribution in [3.05, 3.63) is 23.8 Å². The summed E-state index contributed by atoms with van der Waals surface area (Å²) >= 11 is 0. The van der Waals surface area contributed by atoms with Crippen molar-refractivity contribution < 1.29 is 9.90 Å². The van der Waals surface area contributed by atoms with E-state index in [-0.39, 0.29) is 5.92 Å². The molecule has 2 aliphatic rings. The van der Waals surface area contributed by atoms with Crippen molar-refractivity contribution >= 4 is 5.97 Å². The zero-order valence-corrected chi connectivity index (χ0v) is 10.8. The fourth-order valence-electron chi connectivity index (χ4n) is 3.61. The Morgan fingerprint density at radius 2 is 2.12 bits per heavy atom. The van der Waals surface area contributed by atoms with Gasteiger partial charge < -0.3 is 5.11 Å². The molecule has 0 aromatic heterocycles. The predicted molar refractivity (Wildman–Crippen MR) is 68.6 cm³/mol. The van der Waals surface area contributed by atoms with Gasteiger partial charge in [-0.15, -0.1) is 0 Å². The lowest BCUT2D eigenvalue weighted by molar-refractivity contribution is -0.133. The molecule has 1 N–H and O–H groups in total. The molecule has 17 heavy (non-hydrogen) atoms. The second-order valence-corrected chi connectivity index (χ2v) is 5.78. The van der Waals surface area contributed by atoms with Crippen LogP contribution in [0.5, 0.6) is 0 Å². The van der Waals surface area contributed by atoms with Crippen LogP contribution in [0.1, 0.15) is 39.5 Å². The van der Waals surface area contributed by atoms with Gasteiger partial charge in [-0.3, -0.25) is 0 Å². The summed E-state index contributed by atoms with van der Waals surface area (Å²) in [5.74, 6) is 1.13. The third-order valence-electron chi connectivity index (χ3n) is 4.69. The number of hydrogen-bond donors (Lipinski definition) is 1. The number of rotatable bonds is 2. The minimum Gasteiger partial charge on any atom is -0.478 e. The van der Waals surface area contributed by atoms with Gasteiger partial charge in [-0.05, 0) is 56.3 Å². The number of hydrogen-bond acceptors (Lipinski definition) is 1. The Morgan fingerprint density at radius 1 is 1.41 bits per heavy atom. The van der Waals surface area contributed by atoms with Crippen molar-refractivity contribution in [3.63, 3.8) is 0 Å². The Bertz CT molecular complexity index is 367. The first-order chi connectivity index (χ1) is 8.00. The van der Waals surface area contributed by atoms with Gasteiger partial charge in [0.2, 0.25) is 0 Å². The van der Waals surface area contributed by atoms with E-state index in [2.05, 4.69) is 26.5 Å². The lowest BCUT2D eigenvalue weighted by Gasteiger charge is -2.43. The summed E-state index contributed by atoms with van der Waals surface area (Å²) in [7, 11) is 0. The van der Waals surface area contributed by atoms with Gasteiger partial charge in [-0.1, -0.05) is 25.2 Å². The Hall–Kier alpha value is -1.05. The molecule has 1 saturated carbocycles. The predicted octanol–water partition coefficient (Wildman–Crippen LogP) is 3.65. The summed E-state index contributed by atoms with van der Waals surface area (Å²) in [6, 6.07) is 0. The van der Waals surface area contributed by atoms with Crippen LogP contribution in [0, 0.1) is 23.7 Å². The molecule has 0 bridgehead atoms. The molecule has 0 aromatic carbocycles. The monoisotopic (exact) mass is 234 g/mol. The maximum absolute atomic E-state index is 11.1. The number of carboxylic acids is 1. The van der Waals surface area contributed by atoms with Gasteiger partial charge in [0.05, 0.1) is 0 Å². The highest BCUT2D eigenvalue weighted by atomic mass is 16.4. The molecule has 0 heterocycles. The molecule has 0 saturated heterocycles. The Kier molecular flexibility index (Phi) is 3.41. The number of carboxylic acid groups (broad SMARTS) is 1. The molecular formula is C15H22O2. The molecule has 4 atom stereocenters. The summed E-state index contributed by atoms with van der Waals surface area (Å²) in [5, 5.41) is 9.14. The van der Waals surface area contributed by atoms with Gasteiger partial charge in [0, 0.05) is 5.57 Å². The fraction of sp³-hybridized carbons (Fsp3) is 0.667. The number of fused-ring (bicyclic) bond motifs is 1. The van der Waals surface area contributed by atoms with E-state index >= 15 is 0 Å². The first-order valence-electron chi connectivity index (χ1n) is 6.60. The molecule has 2 rings (SSSR count). The maximum Gasteiger partial charge on any atom is 0.331 e. The van der Waals surface area contributed by atoms with Gasteiger partial charge >= 0.3 is 5.97 Å². The number of carbonyl (C=O) groups is 1. The quantitative estimate of drug-likeness (QED) is 0.585. The van der Waals surface area contributed by atoms with E-state index in [1.165, 1.54) is 18.4 Å². The zero-order chi connectivity index (χ0) is 12.6. The number of allylic oxidation sites excluding steroid dienone is 2. The van der Waals surface area contributed by atoms with Crippen LogP contribution < -0.4 is 0 Å². The fourth-order valence-corrected chi connectivity index (χ4v) is 3.61. The molecule has 1 fully saturated rings. The molecule has 2 aliphatic carbocycles. The highest BCUT2D eigenvalue weighted by molar-refractivity contribution is 5.86. The summed E-state index contributed by atoms with van der Waals surface area (Å²) in [6.45, 7) is 8.26. The van der Waals surface area contributed by atoms with Crippen LogP contribution >= 0.6 is 0 Å². The second-order valence-electron chi connectivity index (χ2n) is 5.78. The highest BCUT2D eigenvalue weighted by Crippen LogP contribution is 2.47. The molecule has 0 unspecified atom stereocenters. The SMILES string of the molecule is C=C(C(=O)O)[C@H]1CC[C@@H](C)[C@@H]2CCC(C)=C[C@@H]21. The molecule has 0 aromatic rings. The van der Waals surface area contributed by atoms with Crippen LogP contribution in [0.4, 0.5) is 0 Å². The minimum atomic E-state index is -0.820. The van der Waals surface area contributed by atoms with Crippen molar-refractivity contribution in [1.29, 1.82) is 0 Å². The van der Waals surface area contributed by atoms with Crippen LogP contribution in [0.3, 0.4) is 0 Å². The van der Waals surface area contributed by atoms with Crippen LogP contribution in [0.25, 0.3) is 0 Å². The van der Waals surface area contributed by atoms with E-state index in [1.54, 1.807) is 0 Å². The van der Waals surface area contributed by atoms with Gasteiger partial charge in [-0.2, -0.15) is 0 Å². The van der Waals surface area contributed by atoms with Gasteiger partial charge in [-0.25, -0.2) is 4.79 Å². The van der Waals surface area contributed by atoms with E-state index < -0.39 is 5.97 Å². The van der Waals surface area contributed by atoms with Crippen LogP contribution in [0.2, 0.25) is 0 Å². The molecule has 0 spiro atoms. The van der Waals surface area contributed by atoms with E-state index in [1.807, 2.05) is 0 Å². The normalized spacial score (nSPS) is 36.9. The van der Waals surface area contributed by atoms with Gasteiger partial charge in [0.1, 0.15) is 0 Å². The highest BCUT2D eigenvalue weighted by Gasteiger charge is 2.39. The van der Waals surface area contributed by atoms with Crippen molar-refractivity contribution in [2.45, 2.75) is 39.5 Å². The standard InChI is InChI=1S/C15H22O2/c1-9-4-6-12-10(2)5-7-13(14(12)8-9)11(3)15(16)17/h8,10,12-14H,3-7H2,1-2H3,(H,16,17)/t10-,12+,13-,14+/m1/s1. The van der Waals surface area contributed by atoms with E-state index in [4.69, 9.17) is 5.11 Å². The summed E-state index contributed by atoms with van der Waals surface area (Å²) in [5.41, 5.74) is 1.83. The average molecular weight is 234 g/mol. The maximum atomic E-state index is 11.1. The van der Waals surface area contributed by atoms with Crippen molar-refractivity contribution in [3.8, 4) is 0 Å². The van der Waals surface area contributed by atoms with Crippen LogP contribution in [0.15, 0.2) is 23.8 Å². The lowest BCUT2D eigenvalue weighted by Crippen LogP contribution is -2.36. The van der Waals surface area contributed by atoms with E-state index in [0.717, 1.165) is 18.8 Å². The second kappa shape index (κ2) is 4.67. The molecule has 0 aliphatic heterocycles. The summed E-state index contributed by atoms with van der Waals surface area (Å²) in [6.07, 6.45) is 6.85. The molecular weight excluding hydrogens is 212 g/mol. The Morgan fingerprint density at radius 3 is 2.76 bits per heavy atom. The Balaban J connectivity index is 2.26. The molecule has 2 nitrogen and oxygen atoms in total. The lowest BCUT2D eigenvalue weighted by atomic mass is 9.61. The largest absolute Gasteiger partial charge is 0.478 e. The van der Waals surface area contributed by atoms with Gasteiger partial charge in [0.15, 0.2) is 0 Å². The van der Waals surface area contributed by atoms with Crippen molar-refractivity contribution in [2.75, 3.05) is 0 Å². The third kappa shape index (κ3) is 2.31. The average Bonchev–Trinajstić information content (AvgIpc) is 2.28. The molecule has 0 radical (unpaired) electrons. The zero-order valence-electron chi connectivity index (χ0n) is 10.8. The molecule has 2 heteroatoms.